The highest BCUT2D eigenvalue weighted by molar-refractivity contribution is 5.96. The summed E-state index contributed by atoms with van der Waals surface area (Å²) < 4.78 is 16.5. The van der Waals surface area contributed by atoms with Crippen molar-refractivity contribution in [2.45, 2.75) is 26.0 Å². The van der Waals surface area contributed by atoms with Crippen molar-refractivity contribution in [2.24, 2.45) is 0 Å². The summed E-state index contributed by atoms with van der Waals surface area (Å²) in [4.78, 5) is 39.8. The minimum atomic E-state index is -0.607. The number of carbonyl (C=O) groups excluding carboxylic acids is 3. The van der Waals surface area contributed by atoms with Crippen molar-refractivity contribution in [3.05, 3.63) is 131 Å². The first kappa shape index (κ1) is 29.9. The normalized spacial score (nSPS) is 10.5. The summed E-state index contributed by atoms with van der Waals surface area (Å²) in [5.74, 6) is -0.685. The lowest BCUT2D eigenvalue weighted by atomic mass is 10.0. The molecule has 0 spiro atoms. The molecule has 8 heteroatoms. The number of methoxy groups -OCH3 is 1. The Morgan fingerprint density at radius 1 is 0.810 bits per heavy atom. The fourth-order valence-corrected chi connectivity index (χ4v) is 4.41. The number of hydrogen-bond donors (Lipinski definition) is 1. The summed E-state index contributed by atoms with van der Waals surface area (Å²) in [6, 6.07) is 33.3. The Balaban J connectivity index is 1.59. The van der Waals surface area contributed by atoms with Crippen LogP contribution < -0.4 is 10.1 Å². The Kier molecular flexibility index (Phi) is 10.7. The fraction of sp³-hybridized carbons (Fsp3) is 0.206. The van der Waals surface area contributed by atoms with Gasteiger partial charge < -0.3 is 24.4 Å². The van der Waals surface area contributed by atoms with Crippen molar-refractivity contribution in [2.75, 3.05) is 25.6 Å². The van der Waals surface area contributed by atoms with Gasteiger partial charge in [-0.15, -0.1) is 0 Å². The molecule has 2 amide bonds. The third-order valence-corrected chi connectivity index (χ3v) is 6.48. The second-order valence-corrected chi connectivity index (χ2v) is 9.41. The van der Waals surface area contributed by atoms with E-state index in [-0.39, 0.29) is 37.6 Å². The minimum absolute atomic E-state index is 0.0502. The van der Waals surface area contributed by atoms with Crippen molar-refractivity contribution < 1.29 is 28.6 Å². The molecule has 0 unspecified atom stereocenters. The number of rotatable bonds is 12. The zero-order valence-corrected chi connectivity index (χ0v) is 23.7. The maximum atomic E-state index is 13.4. The summed E-state index contributed by atoms with van der Waals surface area (Å²) in [7, 11) is 1.29. The first-order valence-electron chi connectivity index (χ1n) is 13.7. The molecule has 0 bridgehead atoms. The van der Waals surface area contributed by atoms with Gasteiger partial charge >= 0.3 is 18.0 Å². The quantitative estimate of drug-likeness (QED) is 0.194. The number of urea groups is 1. The Labute approximate surface area is 245 Å². The molecule has 0 saturated heterocycles. The number of anilines is 1. The largest absolute Gasteiger partial charge is 0.480 e. The number of esters is 2. The molecule has 216 valence electrons. The molecule has 0 atom stereocenters. The number of ether oxygens (including phenoxy) is 3. The SMILES string of the molecule is CCOC(=O)CCN(Cc1ccccc1)C(=O)Nc1ccc(OC(c2ccccc2)c2ccccc2)c(C(=O)OC)c1. The zero-order valence-electron chi connectivity index (χ0n) is 23.7. The van der Waals surface area contributed by atoms with Crippen molar-refractivity contribution >= 4 is 23.7 Å². The van der Waals surface area contributed by atoms with Crippen LogP contribution in [0.15, 0.2) is 109 Å². The minimum Gasteiger partial charge on any atom is -0.480 e. The molecule has 4 aromatic carbocycles. The smallest absolute Gasteiger partial charge is 0.341 e. The number of hydrogen-bond acceptors (Lipinski definition) is 6. The number of nitrogens with one attached hydrogen (secondary N) is 1. The molecule has 0 aliphatic rings. The molecule has 0 aromatic heterocycles. The van der Waals surface area contributed by atoms with Gasteiger partial charge in [0, 0.05) is 18.8 Å². The molecule has 42 heavy (non-hydrogen) atoms. The van der Waals surface area contributed by atoms with Gasteiger partial charge in [0.05, 0.1) is 20.1 Å². The number of benzene rings is 4. The third kappa shape index (κ3) is 8.20. The average molecular weight is 567 g/mol. The predicted octanol–water partition coefficient (Wildman–Crippen LogP) is 6.63. The van der Waals surface area contributed by atoms with Gasteiger partial charge in [-0.2, -0.15) is 0 Å². The number of carbonyl (C=O) groups is 3. The van der Waals surface area contributed by atoms with Gasteiger partial charge in [0.25, 0.3) is 0 Å². The Hall–Kier alpha value is -5.11. The van der Waals surface area contributed by atoms with E-state index in [0.717, 1.165) is 16.7 Å². The molecule has 4 aromatic rings. The van der Waals surface area contributed by atoms with E-state index < -0.39 is 18.1 Å². The summed E-state index contributed by atoms with van der Waals surface area (Å²) in [6.07, 6.45) is -0.435. The Morgan fingerprint density at radius 3 is 1.98 bits per heavy atom. The van der Waals surface area contributed by atoms with Crippen molar-refractivity contribution in [1.29, 1.82) is 0 Å². The first-order chi connectivity index (χ1) is 20.5. The maximum Gasteiger partial charge on any atom is 0.341 e. The zero-order chi connectivity index (χ0) is 29.7. The van der Waals surface area contributed by atoms with Crippen LogP contribution in [-0.2, 0) is 20.8 Å². The predicted molar refractivity (Wildman–Crippen MR) is 160 cm³/mol. The van der Waals surface area contributed by atoms with Crippen molar-refractivity contribution in [1.82, 2.24) is 4.90 Å². The van der Waals surface area contributed by atoms with Gasteiger partial charge in [0.15, 0.2) is 0 Å². The topological polar surface area (TPSA) is 94.2 Å². The van der Waals surface area contributed by atoms with Crippen LogP contribution in [0.5, 0.6) is 5.75 Å². The van der Waals surface area contributed by atoms with Gasteiger partial charge in [0.1, 0.15) is 17.4 Å². The third-order valence-electron chi connectivity index (χ3n) is 6.48. The fourth-order valence-electron chi connectivity index (χ4n) is 4.41. The monoisotopic (exact) mass is 566 g/mol. The molecule has 0 aliphatic carbocycles. The number of amides is 2. The molecule has 0 saturated carbocycles. The van der Waals surface area contributed by atoms with Crippen LogP contribution in [0, 0.1) is 0 Å². The molecule has 1 N–H and O–H groups in total. The lowest BCUT2D eigenvalue weighted by Gasteiger charge is -2.24. The van der Waals surface area contributed by atoms with Crippen LogP contribution in [0.2, 0.25) is 0 Å². The summed E-state index contributed by atoms with van der Waals surface area (Å²) in [5.41, 5.74) is 3.26. The lowest BCUT2D eigenvalue weighted by Crippen LogP contribution is -2.36. The first-order valence-corrected chi connectivity index (χ1v) is 13.7. The van der Waals surface area contributed by atoms with Crippen LogP contribution in [0.4, 0.5) is 10.5 Å². The summed E-state index contributed by atoms with van der Waals surface area (Å²) >= 11 is 0. The molecular formula is C34H34N2O6. The van der Waals surface area contributed by atoms with Gasteiger partial charge in [-0.1, -0.05) is 91.0 Å². The highest BCUT2D eigenvalue weighted by Crippen LogP contribution is 2.32. The van der Waals surface area contributed by atoms with E-state index >= 15 is 0 Å². The van der Waals surface area contributed by atoms with Crippen LogP contribution in [0.3, 0.4) is 0 Å². The van der Waals surface area contributed by atoms with E-state index in [9.17, 15) is 14.4 Å². The van der Waals surface area contributed by atoms with Crippen LogP contribution in [0.1, 0.15) is 46.5 Å². The Bertz CT molecular complexity index is 1420. The summed E-state index contributed by atoms with van der Waals surface area (Å²) in [5, 5.41) is 2.85. The van der Waals surface area contributed by atoms with E-state index in [4.69, 9.17) is 14.2 Å². The Morgan fingerprint density at radius 2 is 1.40 bits per heavy atom. The number of nitrogens with zero attached hydrogens (tertiary/aromatic N) is 1. The highest BCUT2D eigenvalue weighted by atomic mass is 16.5. The van der Waals surface area contributed by atoms with Gasteiger partial charge in [0.2, 0.25) is 0 Å². The van der Waals surface area contributed by atoms with Crippen LogP contribution >= 0.6 is 0 Å². The van der Waals surface area contributed by atoms with E-state index in [2.05, 4.69) is 5.32 Å². The highest BCUT2D eigenvalue weighted by Gasteiger charge is 2.22. The van der Waals surface area contributed by atoms with Crippen molar-refractivity contribution in [3.8, 4) is 5.75 Å². The lowest BCUT2D eigenvalue weighted by molar-refractivity contribution is -0.143. The average Bonchev–Trinajstić information content (AvgIpc) is 3.03. The van der Waals surface area contributed by atoms with Gasteiger partial charge in [-0.3, -0.25) is 4.79 Å². The standard InChI is InChI=1S/C34H34N2O6/c1-3-41-31(37)21-22-36(24-25-13-7-4-8-14-25)34(39)35-28-19-20-30(29(23-28)33(38)40-2)42-32(26-15-9-5-10-16-26)27-17-11-6-12-18-27/h4-20,23,32H,3,21-22,24H2,1-2H3,(H,35,39). The second-order valence-electron chi connectivity index (χ2n) is 9.41. The van der Waals surface area contributed by atoms with E-state index in [1.165, 1.54) is 18.1 Å². The second kappa shape index (κ2) is 15.0. The molecule has 0 radical (unpaired) electrons. The van der Waals surface area contributed by atoms with E-state index in [1.807, 2.05) is 91.0 Å². The van der Waals surface area contributed by atoms with E-state index in [1.54, 1.807) is 19.1 Å². The molecular weight excluding hydrogens is 532 g/mol. The van der Waals surface area contributed by atoms with Crippen LogP contribution in [0.25, 0.3) is 0 Å². The summed E-state index contributed by atoms with van der Waals surface area (Å²) in [6.45, 7) is 2.44. The molecule has 0 fully saturated rings. The van der Waals surface area contributed by atoms with Gasteiger partial charge in [-0.05, 0) is 41.8 Å². The van der Waals surface area contributed by atoms with E-state index in [0.29, 0.717) is 11.4 Å². The maximum absolute atomic E-state index is 13.4. The van der Waals surface area contributed by atoms with Gasteiger partial charge in [-0.25, -0.2) is 9.59 Å². The molecule has 0 heterocycles. The van der Waals surface area contributed by atoms with Crippen molar-refractivity contribution in [3.63, 3.8) is 0 Å². The molecule has 8 nitrogen and oxygen atoms in total. The molecule has 0 aliphatic heterocycles. The molecule has 4 rings (SSSR count). The van der Waals surface area contributed by atoms with Crippen LogP contribution in [-0.4, -0.2) is 43.1 Å².